The van der Waals surface area contributed by atoms with Crippen LogP contribution in [0.25, 0.3) is 22.4 Å². The van der Waals surface area contributed by atoms with Crippen LogP contribution < -0.4 is 9.47 Å². The van der Waals surface area contributed by atoms with Gasteiger partial charge in [-0.25, -0.2) is 0 Å². The van der Waals surface area contributed by atoms with E-state index in [0.717, 1.165) is 27.8 Å². The Morgan fingerprint density at radius 1 is 1.04 bits per heavy atom. The Labute approximate surface area is 163 Å². The lowest BCUT2D eigenvalue weighted by Crippen LogP contribution is -1.92. The maximum absolute atomic E-state index is 6.25. The summed E-state index contributed by atoms with van der Waals surface area (Å²) in [6.07, 6.45) is 1.76. The second-order valence-electron chi connectivity index (χ2n) is 5.84. The number of hydrogen-bond acceptors (Lipinski definition) is 7. The molecule has 0 saturated heterocycles. The van der Waals surface area contributed by atoms with E-state index >= 15 is 0 Å². The van der Waals surface area contributed by atoms with Crippen molar-refractivity contribution in [3.63, 3.8) is 0 Å². The Kier molecular flexibility index (Phi) is 4.10. The second kappa shape index (κ2) is 6.75. The van der Waals surface area contributed by atoms with Gasteiger partial charge in [0.1, 0.15) is 0 Å². The minimum atomic E-state index is 0.229. The van der Waals surface area contributed by atoms with Crippen LogP contribution in [-0.2, 0) is 5.75 Å². The van der Waals surface area contributed by atoms with Gasteiger partial charge in [-0.1, -0.05) is 29.4 Å². The zero-order valence-corrected chi connectivity index (χ0v) is 15.5. The van der Waals surface area contributed by atoms with Crippen molar-refractivity contribution in [2.45, 2.75) is 11.0 Å². The predicted molar refractivity (Wildman–Crippen MR) is 102 cm³/mol. The van der Waals surface area contributed by atoms with E-state index in [1.165, 1.54) is 11.8 Å². The highest BCUT2D eigenvalue weighted by molar-refractivity contribution is 7.98. The van der Waals surface area contributed by atoms with Crippen molar-refractivity contribution in [1.29, 1.82) is 0 Å². The van der Waals surface area contributed by atoms with Crippen LogP contribution in [0.4, 0.5) is 0 Å². The lowest BCUT2D eigenvalue weighted by Gasteiger charge is -2.05. The molecule has 1 aliphatic rings. The van der Waals surface area contributed by atoms with E-state index in [0.29, 0.717) is 27.6 Å². The van der Waals surface area contributed by atoms with Gasteiger partial charge in [0.15, 0.2) is 11.5 Å². The molecule has 0 radical (unpaired) electrons. The summed E-state index contributed by atoms with van der Waals surface area (Å²) in [5.41, 5.74) is 2.73. The summed E-state index contributed by atoms with van der Waals surface area (Å²) in [5.74, 6) is 2.48. The Morgan fingerprint density at radius 3 is 2.93 bits per heavy atom. The molecule has 1 aliphatic heterocycles. The van der Waals surface area contributed by atoms with Gasteiger partial charge >= 0.3 is 0 Å². The topological polar surface area (TPSA) is 70.3 Å². The van der Waals surface area contributed by atoms with Crippen LogP contribution in [0.5, 0.6) is 11.5 Å². The van der Waals surface area contributed by atoms with Crippen LogP contribution in [0.1, 0.15) is 5.56 Å². The van der Waals surface area contributed by atoms with E-state index in [1.54, 1.807) is 6.20 Å². The summed E-state index contributed by atoms with van der Waals surface area (Å²) >= 11 is 7.71. The van der Waals surface area contributed by atoms with E-state index in [4.69, 9.17) is 25.5 Å². The highest BCUT2D eigenvalue weighted by Crippen LogP contribution is 2.36. The third-order valence-corrected chi connectivity index (χ3v) is 5.37. The summed E-state index contributed by atoms with van der Waals surface area (Å²) < 4.78 is 16.5. The van der Waals surface area contributed by atoms with Crippen LogP contribution in [0.3, 0.4) is 0 Å². The zero-order chi connectivity index (χ0) is 18.2. The molecule has 3 heterocycles. The quantitative estimate of drug-likeness (QED) is 0.451. The van der Waals surface area contributed by atoms with Crippen molar-refractivity contribution in [3.8, 4) is 23.0 Å². The third kappa shape index (κ3) is 3.09. The molecular weight excluding hydrogens is 386 g/mol. The van der Waals surface area contributed by atoms with Gasteiger partial charge in [0, 0.05) is 27.9 Å². The molecule has 5 rings (SSSR count). The van der Waals surface area contributed by atoms with Crippen molar-refractivity contribution in [3.05, 3.63) is 59.2 Å². The maximum Gasteiger partial charge on any atom is 0.277 e. The summed E-state index contributed by atoms with van der Waals surface area (Å²) in [4.78, 5) is 4.45. The smallest absolute Gasteiger partial charge is 0.277 e. The molecule has 0 amide bonds. The van der Waals surface area contributed by atoms with Crippen LogP contribution in [-0.4, -0.2) is 22.0 Å². The molecule has 134 valence electrons. The summed E-state index contributed by atoms with van der Waals surface area (Å²) in [7, 11) is 0. The zero-order valence-electron chi connectivity index (χ0n) is 13.9. The second-order valence-corrected chi connectivity index (χ2v) is 7.17. The molecule has 8 heteroatoms. The molecule has 2 aromatic carbocycles. The van der Waals surface area contributed by atoms with Crippen molar-refractivity contribution in [2.24, 2.45) is 0 Å². The standard InChI is InChI=1S/C19H12ClN3O3S/c20-14-5-3-12(17-13(14)2-1-7-21-17)9-27-19-23-22-18(26-19)11-4-6-15-16(8-11)25-10-24-15/h1-8H,9-10H2. The highest BCUT2D eigenvalue weighted by atomic mass is 35.5. The first-order valence-corrected chi connectivity index (χ1v) is 9.53. The normalized spacial score (nSPS) is 12.6. The molecule has 2 aromatic heterocycles. The van der Waals surface area contributed by atoms with Crippen LogP contribution >= 0.6 is 23.4 Å². The minimum Gasteiger partial charge on any atom is -0.454 e. The molecule has 0 aliphatic carbocycles. The molecule has 0 fully saturated rings. The number of nitrogens with zero attached hydrogens (tertiary/aromatic N) is 3. The number of fused-ring (bicyclic) bond motifs is 2. The van der Waals surface area contributed by atoms with Gasteiger partial charge in [0.05, 0.1) is 5.52 Å². The summed E-state index contributed by atoms with van der Waals surface area (Å²) in [6, 6.07) is 13.2. The van der Waals surface area contributed by atoms with Crippen LogP contribution in [0, 0.1) is 0 Å². The molecule has 0 N–H and O–H groups in total. The maximum atomic E-state index is 6.25. The number of pyridine rings is 1. The SMILES string of the molecule is Clc1ccc(CSc2nnc(-c3ccc4c(c3)OCO4)o2)c2ncccc12. The van der Waals surface area contributed by atoms with E-state index < -0.39 is 0 Å². The van der Waals surface area contributed by atoms with Gasteiger partial charge < -0.3 is 13.9 Å². The van der Waals surface area contributed by atoms with E-state index in [2.05, 4.69) is 15.2 Å². The Morgan fingerprint density at radius 2 is 1.96 bits per heavy atom. The summed E-state index contributed by atoms with van der Waals surface area (Å²) in [6.45, 7) is 0.229. The van der Waals surface area contributed by atoms with E-state index in [-0.39, 0.29) is 6.79 Å². The number of halogens is 1. The fourth-order valence-electron chi connectivity index (χ4n) is 2.87. The lowest BCUT2D eigenvalue weighted by atomic mass is 10.1. The number of thioether (sulfide) groups is 1. The van der Waals surface area contributed by atoms with Crippen molar-refractivity contribution >= 4 is 34.3 Å². The summed E-state index contributed by atoms with van der Waals surface area (Å²) in [5, 5.41) is 10.4. The largest absolute Gasteiger partial charge is 0.454 e. The average molecular weight is 398 g/mol. The molecule has 27 heavy (non-hydrogen) atoms. The number of aromatic nitrogens is 3. The van der Waals surface area contributed by atoms with Gasteiger partial charge in [0.2, 0.25) is 12.7 Å². The third-order valence-electron chi connectivity index (χ3n) is 4.18. The Bertz CT molecular complexity index is 1150. The van der Waals surface area contributed by atoms with Crippen LogP contribution in [0.2, 0.25) is 5.02 Å². The first-order chi connectivity index (χ1) is 13.3. The Hall–Kier alpha value is -2.77. The van der Waals surface area contributed by atoms with Crippen LogP contribution in [0.15, 0.2) is 58.3 Å². The molecule has 0 spiro atoms. The number of benzene rings is 2. The van der Waals surface area contributed by atoms with Gasteiger partial charge in [-0.15, -0.1) is 10.2 Å². The van der Waals surface area contributed by atoms with Gasteiger partial charge in [0.25, 0.3) is 5.22 Å². The van der Waals surface area contributed by atoms with E-state index in [1.807, 2.05) is 42.5 Å². The van der Waals surface area contributed by atoms with Gasteiger partial charge in [-0.2, -0.15) is 0 Å². The number of ether oxygens (including phenoxy) is 2. The van der Waals surface area contributed by atoms with E-state index in [9.17, 15) is 0 Å². The highest BCUT2D eigenvalue weighted by Gasteiger charge is 2.17. The average Bonchev–Trinajstić information content (AvgIpc) is 3.36. The van der Waals surface area contributed by atoms with Crippen molar-refractivity contribution < 1.29 is 13.9 Å². The fourth-order valence-corrected chi connectivity index (χ4v) is 3.83. The van der Waals surface area contributed by atoms with Crippen molar-refractivity contribution in [1.82, 2.24) is 15.2 Å². The number of rotatable bonds is 4. The molecule has 0 atom stereocenters. The number of hydrogen-bond donors (Lipinski definition) is 0. The first kappa shape index (κ1) is 16.4. The first-order valence-electron chi connectivity index (χ1n) is 8.16. The molecule has 0 saturated carbocycles. The van der Waals surface area contributed by atoms with Gasteiger partial charge in [-0.05, 0) is 42.0 Å². The van der Waals surface area contributed by atoms with Crippen molar-refractivity contribution in [2.75, 3.05) is 6.79 Å². The fraction of sp³-hybridized carbons (Fsp3) is 0.105. The van der Waals surface area contributed by atoms with Gasteiger partial charge in [-0.3, -0.25) is 4.98 Å². The molecule has 4 aromatic rings. The molecule has 6 nitrogen and oxygen atoms in total. The molecule has 0 bridgehead atoms. The predicted octanol–water partition coefficient (Wildman–Crippen LogP) is 4.96. The monoisotopic (exact) mass is 397 g/mol. The Balaban J connectivity index is 1.37. The molecule has 0 unspecified atom stereocenters. The minimum absolute atomic E-state index is 0.229. The molecular formula is C19H12ClN3O3S. The lowest BCUT2D eigenvalue weighted by molar-refractivity contribution is 0.174.